The molecule has 3 aliphatic heterocycles. The lowest BCUT2D eigenvalue weighted by atomic mass is 10.1. The van der Waals surface area contributed by atoms with Crippen molar-refractivity contribution in [2.75, 3.05) is 55.6 Å². The Hall–Kier alpha value is -3.54. The number of rotatable bonds is 3. The minimum Gasteiger partial charge on any atom is -0.354 e. The maximum absolute atomic E-state index is 13.7. The number of pyridine rings is 1. The number of alkyl halides is 1. The average molecular weight is 523 g/mol. The number of aromatic amines is 1. The predicted molar refractivity (Wildman–Crippen MR) is 144 cm³/mol. The maximum Gasteiger partial charge on any atom is 0.320 e. The van der Waals surface area contributed by atoms with Crippen LogP contribution < -0.4 is 15.1 Å². The molecule has 202 valence electrons. The first-order valence-corrected chi connectivity index (χ1v) is 13.5. The van der Waals surface area contributed by atoms with Crippen molar-refractivity contribution in [2.24, 2.45) is 0 Å². The van der Waals surface area contributed by atoms with Crippen LogP contribution in [-0.4, -0.2) is 111 Å². The second-order valence-corrected chi connectivity index (χ2v) is 10.8. The van der Waals surface area contributed by atoms with E-state index in [0.717, 1.165) is 47.7 Å². The van der Waals surface area contributed by atoms with Crippen LogP contribution in [0.15, 0.2) is 24.5 Å². The van der Waals surface area contributed by atoms with E-state index in [0.29, 0.717) is 38.0 Å². The Kier molecular flexibility index (Phi) is 6.50. The van der Waals surface area contributed by atoms with Gasteiger partial charge in [-0.05, 0) is 39.3 Å². The van der Waals surface area contributed by atoms with Gasteiger partial charge in [0, 0.05) is 69.2 Å². The predicted octanol–water partition coefficient (Wildman–Crippen LogP) is 2.28. The van der Waals surface area contributed by atoms with Crippen LogP contribution in [0.2, 0.25) is 0 Å². The SMILES string of the molecule is CC1CN(c2ccc(-c3n[nH]c4cnc(N5C(C)CN(C(=O)N6CCC(F)C6)CC5C)nc34)cn2)CCN1. The fourth-order valence-electron chi connectivity index (χ4n) is 5.95. The zero-order valence-electron chi connectivity index (χ0n) is 22.1. The molecule has 3 fully saturated rings. The summed E-state index contributed by atoms with van der Waals surface area (Å²) in [6.45, 7) is 10.9. The molecule has 0 radical (unpaired) electrons. The number of nitrogens with zero attached hydrogens (tertiary/aromatic N) is 8. The van der Waals surface area contributed by atoms with E-state index in [1.54, 1.807) is 11.1 Å². The lowest BCUT2D eigenvalue weighted by Crippen LogP contribution is -2.60. The molecule has 3 aromatic heterocycles. The van der Waals surface area contributed by atoms with Crippen LogP contribution in [0.1, 0.15) is 27.2 Å². The number of likely N-dealkylation sites (tertiary alicyclic amines) is 1. The first-order chi connectivity index (χ1) is 18.4. The number of hydrogen-bond donors (Lipinski definition) is 2. The van der Waals surface area contributed by atoms with Gasteiger partial charge in [-0.25, -0.2) is 24.1 Å². The average Bonchev–Trinajstić information content (AvgIpc) is 3.54. The van der Waals surface area contributed by atoms with Crippen molar-refractivity contribution in [3.63, 3.8) is 0 Å². The fourth-order valence-corrected chi connectivity index (χ4v) is 5.95. The molecule has 2 amide bonds. The zero-order chi connectivity index (χ0) is 26.4. The van der Waals surface area contributed by atoms with Crippen LogP contribution in [0, 0.1) is 0 Å². The second kappa shape index (κ2) is 9.97. The summed E-state index contributed by atoms with van der Waals surface area (Å²) in [4.78, 5) is 35.2. The maximum atomic E-state index is 13.7. The number of carbonyl (C=O) groups is 1. The quantitative estimate of drug-likeness (QED) is 0.539. The van der Waals surface area contributed by atoms with Crippen molar-refractivity contribution >= 4 is 28.8 Å². The molecule has 4 unspecified atom stereocenters. The molecular weight excluding hydrogens is 487 g/mol. The highest BCUT2D eigenvalue weighted by Gasteiger charge is 2.37. The summed E-state index contributed by atoms with van der Waals surface area (Å²) in [6, 6.07) is 4.44. The van der Waals surface area contributed by atoms with Crippen molar-refractivity contribution in [2.45, 2.75) is 51.5 Å². The highest BCUT2D eigenvalue weighted by Crippen LogP contribution is 2.29. The first kappa shape index (κ1) is 24.8. The van der Waals surface area contributed by atoms with Gasteiger partial charge in [-0.3, -0.25) is 5.10 Å². The van der Waals surface area contributed by atoms with Crippen LogP contribution in [0.3, 0.4) is 0 Å². The largest absolute Gasteiger partial charge is 0.354 e. The molecule has 6 rings (SSSR count). The van der Waals surface area contributed by atoms with Gasteiger partial charge in [0.25, 0.3) is 0 Å². The molecule has 2 N–H and O–H groups in total. The topological polar surface area (TPSA) is 109 Å². The van der Waals surface area contributed by atoms with Crippen LogP contribution in [0.25, 0.3) is 22.3 Å². The number of aromatic nitrogens is 5. The molecule has 0 aromatic carbocycles. The Balaban J connectivity index is 1.21. The number of halogens is 1. The Labute approximate surface area is 221 Å². The number of nitrogens with one attached hydrogen (secondary N) is 2. The van der Waals surface area contributed by atoms with E-state index in [-0.39, 0.29) is 24.7 Å². The fraction of sp³-hybridized carbons (Fsp3) is 0.577. The van der Waals surface area contributed by atoms with Crippen molar-refractivity contribution in [1.29, 1.82) is 0 Å². The summed E-state index contributed by atoms with van der Waals surface area (Å²) in [7, 11) is 0. The van der Waals surface area contributed by atoms with E-state index in [2.05, 4.69) is 51.1 Å². The number of amides is 2. The number of H-pyrrole nitrogens is 1. The van der Waals surface area contributed by atoms with Gasteiger partial charge in [0.1, 0.15) is 28.7 Å². The van der Waals surface area contributed by atoms with Crippen LogP contribution in [-0.2, 0) is 0 Å². The molecule has 3 aromatic rings. The molecule has 0 spiro atoms. The summed E-state index contributed by atoms with van der Waals surface area (Å²) in [6.07, 6.45) is 3.12. The summed E-state index contributed by atoms with van der Waals surface area (Å²) in [5.41, 5.74) is 3.12. The van der Waals surface area contributed by atoms with E-state index >= 15 is 0 Å². The Bertz CT molecular complexity index is 1290. The van der Waals surface area contributed by atoms with E-state index in [4.69, 9.17) is 9.97 Å². The Morgan fingerprint density at radius 3 is 2.50 bits per heavy atom. The van der Waals surface area contributed by atoms with Crippen molar-refractivity contribution in [3.05, 3.63) is 24.5 Å². The van der Waals surface area contributed by atoms with Crippen molar-refractivity contribution in [3.8, 4) is 11.3 Å². The van der Waals surface area contributed by atoms with Gasteiger partial charge in [-0.15, -0.1) is 0 Å². The molecule has 12 heteroatoms. The van der Waals surface area contributed by atoms with Crippen LogP contribution >= 0.6 is 0 Å². The molecule has 0 bridgehead atoms. The van der Waals surface area contributed by atoms with E-state index in [1.165, 1.54) is 0 Å². The molecular formula is C26H35FN10O. The lowest BCUT2D eigenvalue weighted by Gasteiger charge is -2.45. The molecule has 6 heterocycles. The van der Waals surface area contributed by atoms with Gasteiger partial charge >= 0.3 is 6.03 Å². The first-order valence-electron chi connectivity index (χ1n) is 13.5. The summed E-state index contributed by atoms with van der Waals surface area (Å²) < 4.78 is 13.7. The van der Waals surface area contributed by atoms with Crippen molar-refractivity contribution in [1.82, 2.24) is 40.3 Å². The number of carbonyl (C=O) groups excluding carboxylic acids is 1. The normalized spacial score (nSPS) is 26.4. The standard InChI is InChI=1S/C26H35FN10O/c1-16-12-34(9-7-28-16)22-5-4-19(10-29-22)23-24-21(32-33-23)11-30-25(31-24)37-17(2)13-36(14-18(37)3)26(38)35-8-6-20(27)15-35/h4-5,10-11,16-18,20,28H,6-9,12-15H2,1-3H3,(H,32,33). The Morgan fingerprint density at radius 2 is 1.82 bits per heavy atom. The van der Waals surface area contributed by atoms with Crippen LogP contribution in [0.5, 0.6) is 0 Å². The number of fused-ring (bicyclic) bond motifs is 1. The van der Waals surface area contributed by atoms with E-state index < -0.39 is 6.17 Å². The van der Waals surface area contributed by atoms with E-state index in [9.17, 15) is 9.18 Å². The number of anilines is 2. The minimum atomic E-state index is -0.920. The van der Waals surface area contributed by atoms with Gasteiger partial charge in [0.05, 0.1) is 12.7 Å². The van der Waals surface area contributed by atoms with Crippen LogP contribution in [0.4, 0.5) is 21.0 Å². The number of hydrogen-bond acceptors (Lipinski definition) is 8. The van der Waals surface area contributed by atoms with E-state index in [1.807, 2.05) is 23.2 Å². The van der Waals surface area contributed by atoms with Gasteiger partial charge in [-0.1, -0.05) is 0 Å². The third-order valence-electron chi connectivity index (χ3n) is 7.82. The summed E-state index contributed by atoms with van der Waals surface area (Å²) in [5.74, 6) is 1.57. The van der Waals surface area contributed by atoms with Gasteiger partial charge in [-0.2, -0.15) is 5.10 Å². The molecule has 38 heavy (non-hydrogen) atoms. The third-order valence-corrected chi connectivity index (χ3v) is 7.82. The highest BCUT2D eigenvalue weighted by molar-refractivity contribution is 5.89. The van der Waals surface area contributed by atoms with Crippen molar-refractivity contribution < 1.29 is 9.18 Å². The molecule has 3 saturated heterocycles. The zero-order valence-corrected chi connectivity index (χ0v) is 22.1. The smallest absolute Gasteiger partial charge is 0.320 e. The molecule has 11 nitrogen and oxygen atoms in total. The minimum absolute atomic E-state index is 0.00153. The number of urea groups is 1. The molecule has 0 saturated carbocycles. The van der Waals surface area contributed by atoms with Gasteiger partial charge in [0.15, 0.2) is 0 Å². The second-order valence-electron chi connectivity index (χ2n) is 10.8. The molecule has 3 aliphatic rings. The Morgan fingerprint density at radius 1 is 1.00 bits per heavy atom. The third kappa shape index (κ3) is 4.61. The lowest BCUT2D eigenvalue weighted by molar-refractivity contribution is 0.141. The molecule has 0 aliphatic carbocycles. The monoisotopic (exact) mass is 522 g/mol. The highest BCUT2D eigenvalue weighted by atomic mass is 19.1. The molecule has 4 atom stereocenters. The summed E-state index contributed by atoms with van der Waals surface area (Å²) >= 11 is 0. The van der Waals surface area contributed by atoms with Gasteiger partial charge in [0.2, 0.25) is 5.95 Å². The van der Waals surface area contributed by atoms with Gasteiger partial charge < -0.3 is 24.9 Å². The summed E-state index contributed by atoms with van der Waals surface area (Å²) in [5, 5.41) is 11.0. The number of piperazine rings is 2.